The maximum Gasteiger partial charge on any atom is 1.00 e. The fourth-order valence-electron chi connectivity index (χ4n) is 0.271. The van der Waals surface area contributed by atoms with Crippen LogP contribution in [0.1, 0.15) is 6.92 Å². The summed E-state index contributed by atoms with van der Waals surface area (Å²) in [5.41, 5.74) is 0. The first-order valence-corrected chi connectivity index (χ1v) is 4.81. The van der Waals surface area contributed by atoms with Crippen molar-refractivity contribution in [1.29, 1.82) is 0 Å². The van der Waals surface area contributed by atoms with Crippen LogP contribution in [0.15, 0.2) is 0 Å². The molecular weight excluding hydrogens is 167 g/mol. The molecule has 0 aromatic heterocycles. The zero-order valence-electron chi connectivity index (χ0n) is 5.75. The zero-order valence-corrected chi connectivity index (χ0v) is 9.39. The van der Waals surface area contributed by atoms with E-state index in [4.69, 9.17) is 0 Å². The van der Waals surface area contributed by atoms with Gasteiger partial charge < -0.3 is 4.55 Å². The van der Waals surface area contributed by atoms with Crippen LogP contribution in [0.3, 0.4) is 0 Å². The number of thioether (sulfide) groups is 1. The molecule has 0 saturated carbocycles. The van der Waals surface area contributed by atoms with E-state index in [1.54, 1.807) is 11.8 Å². The van der Waals surface area contributed by atoms with E-state index in [1.165, 1.54) is 0 Å². The van der Waals surface area contributed by atoms with Crippen molar-refractivity contribution in [2.75, 3.05) is 17.3 Å². The summed E-state index contributed by atoms with van der Waals surface area (Å²) in [6.45, 7) is 2.01. The van der Waals surface area contributed by atoms with Gasteiger partial charge in [-0.15, -0.1) is 0 Å². The van der Waals surface area contributed by atoms with Gasteiger partial charge in [-0.25, -0.2) is 0 Å². The van der Waals surface area contributed by atoms with Crippen molar-refractivity contribution in [1.82, 2.24) is 0 Å². The number of hydrogen-bond donors (Lipinski definition) is 0. The van der Waals surface area contributed by atoms with Crippen LogP contribution < -0.4 is 29.6 Å². The molecule has 5 heteroatoms. The van der Waals surface area contributed by atoms with Crippen molar-refractivity contribution in [3.8, 4) is 0 Å². The molecule has 0 rings (SSSR count). The van der Waals surface area contributed by atoms with Crippen molar-refractivity contribution in [3.63, 3.8) is 0 Å². The van der Waals surface area contributed by atoms with Gasteiger partial charge in [0.2, 0.25) is 0 Å². The summed E-state index contributed by atoms with van der Waals surface area (Å²) in [5.74, 6) is 2.02. The molecule has 0 aromatic rings. The molecule has 0 heterocycles. The van der Waals surface area contributed by atoms with E-state index in [1.807, 2.05) is 6.92 Å². The molecule has 0 amide bonds. The molecule has 0 aliphatic heterocycles. The Morgan fingerprint density at radius 3 is 2.56 bits per heavy atom. The van der Waals surface area contributed by atoms with Gasteiger partial charge in [0, 0.05) is 11.5 Å². The molecule has 0 aliphatic rings. The molecule has 0 N–H and O–H groups in total. The molecule has 9 heavy (non-hydrogen) atoms. The van der Waals surface area contributed by atoms with E-state index >= 15 is 0 Å². The third-order valence-electron chi connectivity index (χ3n) is 0.598. The van der Waals surface area contributed by atoms with Gasteiger partial charge >= 0.3 is 29.6 Å². The first kappa shape index (κ1) is 13.1. The maximum absolute atomic E-state index is 9.86. The summed E-state index contributed by atoms with van der Waals surface area (Å²) in [6.07, 6.45) is 0. The van der Waals surface area contributed by atoms with Crippen molar-refractivity contribution < 1.29 is 38.3 Å². The monoisotopic (exact) mass is 176 g/mol. The molecular formula is C4H9NaO2S2. The normalized spacial score (nSPS) is 12.2. The van der Waals surface area contributed by atoms with Crippen molar-refractivity contribution >= 4 is 22.8 Å². The molecule has 0 bridgehead atoms. The van der Waals surface area contributed by atoms with Gasteiger partial charge in [0.05, 0.1) is 0 Å². The smallest absolute Gasteiger partial charge is 0.772 e. The molecule has 0 spiro atoms. The van der Waals surface area contributed by atoms with Gasteiger partial charge in [0.25, 0.3) is 0 Å². The Hall–Kier alpha value is 1.46. The first-order chi connectivity index (χ1) is 3.77. The second kappa shape index (κ2) is 9.46. The average Bonchev–Trinajstić information content (AvgIpc) is 1.66. The van der Waals surface area contributed by atoms with E-state index < -0.39 is 11.1 Å². The van der Waals surface area contributed by atoms with Crippen LogP contribution in [0.5, 0.6) is 0 Å². The Morgan fingerprint density at radius 1 is 1.67 bits per heavy atom. The number of hydrogen-bond acceptors (Lipinski definition) is 3. The van der Waals surface area contributed by atoms with Crippen molar-refractivity contribution in [2.24, 2.45) is 0 Å². The van der Waals surface area contributed by atoms with Gasteiger partial charge in [-0.3, -0.25) is 4.21 Å². The van der Waals surface area contributed by atoms with Crippen LogP contribution >= 0.6 is 11.8 Å². The quantitative estimate of drug-likeness (QED) is 0.273. The van der Waals surface area contributed by atoms with Gasteiger partial charge in [-0.1, -0.05) is 18.0 Å². The molecule has 0 fully saturated rings. The predicted octanol–water partition coefficient (Wildman–Crippen LogP) is -2.38. The average molecular weight is 176 g/mol. The van der Waals surface area contributed by atoms with Crippen LogP contribution in [0, 0.1) is 0 Å². The van der Waals surface area contributed by atoms with Crippen molar-refractivity contribution in [3.05, 3.63) is 0 Å². The molecule has 2 nitrogen and oxygen atoms in total. The summed E-state index contributed by atoms with van der Waals surface area (Å²) in [4.78, 5) is 0. The number of rotatable bonds is 4. The molecule has 0 radical (unpaired) electrons. The van der Waals surface area contributed by atoms with Crippen LogP contribution in [0.25, 0.3) is 0 Å². The Morgan fingerprint density at radius 2 is 2.22 bits per heavy atom. The van der Waals surface area contributed by atoms with Gasteiger partial charge in [0.15, 0.2) is 0 Å². The zero-order chi connectivity index (χ0) is 6.41. The van der Waals surface area contributed by atoms with Crippen LogP contribution in [-0.2, 0) is 11.1 Å². The maximum atomic E-state index is 9.86. The Kier molecular flexibility index (Phi) is 13.7. The van der Waals surface area contributed by atoms with E-state index in [9.17, 15) is 8.76 Å². The third-order valence-corrected chi connectivity index (χ3v) is 2.30. The summed E-state index contributed by atoms with van der Waals surface area (Å²) in [6, 6.07) is 0. The first-order valence-electron chi connectivity index (χ1n) is 2.41. The largest absolute Gasteiger partial charge is 1.00 e. The fraction of sp³-hybridized carbons (Fsp3) is 1.00. The van der Waals surface area contributed by atoms with E-state index in [-0.39, 0.29) is 29.6 Å². The Bertz CT molecular complexity index is 79.0. The summed E-state index contributed by atoms with van der Waals surface area (Å²) in [7, 11) is 0. The molecule has 0 aliphatic carbocycles. The van der Waals surface area contributed by atoms with Crippen molar-refractivity contribution in [2.45, 2.75) is 6.92 Å². The SMILES string of the molecule is CCSCCS(=O)[O-].[Na+]. The topological polar surface area (TPSA) is 40.1 Å². The molecule has 50 valence electrons. The van der Waals surface area contributed by atoms with Gasteiger partial charge in [0.1, 0.15) is 0 Å². The predicted molar refractivity (Wildman–Crippen MR) is 36.8 cm³/mol. The Balaban J connectivity index is 0. The summed E-state index contributed by atoms with van der Waals surface area (Å²) >= 11 is -0.195. The second-order valence-corrected chi connectivity index (χ2v) is 3.61. The van der Waals surface area contributed by atoms with Gasteiger partial charge in [-0.2, -0.15) is 11.8 Å². The van der Waals surface area contributed by atoms with E-state index in [0.29, 0.717) is 5.75 Å². The molecule has 1 unspecified atom stereocenters. The summed E-state index contributed by atoms with van der Waals surface area (Å²) in [5, 5.41) is 0. The minimum atomic E-state index is -1.84. The molecule has 1 atom stereocenters. The van der Waals surface area contributed by atoms with Crippen LogP contribution in [0.2, 0.25) is 0 Å². The minimum absolute atomic E-state index is 0. The summed E-state index contributed by atoms with van der Waals surface area (Å²) < 4.78 is 19.7. The molecule has 0 saturated heterocycles. The standard InChI is InChI=1S/C4H10O2S2.Na/c1-2-7-3-4-8(5)6;/h2-4H2,1H3,(H,5,6);/q;+1/p-1. The van der Waals surface area contributed by atoms with Gasteiger partial charge in [-0.05, 0) is 5.75 Å². The molecule has 0 aromatic carbocycles. The Labute approximate surface area is 84.7 Å². The van der Waals surface area contributed by atoms with E-state index in [0.717, 1.165) is 11.5 Å². The van der Waals surface area contributed by atoms with E-state index in [2.05, 4.69) is 0 Å². The fourth-order valence-corrected chi connectivity index (χ4v) is 1.58. The second-order valence-electron chi connectivity index (χ2n) is 1.20. The van der Waals surface area contributed by atoms with Crippen LogP contribution in [-0.4, -0.2) is 26.0 Å². The third kappa shape index (κ3) is 12.6. The van der Waals surface area contributed by atoms with Crippen LogP contribution in [0.4, 0.5) is 0 Å². The minimum Gasteiger partial charge on any atom is -0.772 e.